The van der Waals surface area contributed by atoms with Crippen molar-refractivity contribution in [2.24, 2.45) is 0 Å². The lowest BCUT2D eigenvalue weighted by Crippen LogP contribution is -2.60. The maximum Gasteiger partial charge on any atom is 0.229 e. The van der Waals surface area contributed by atoms with Crippen LogP contribution in [0.4, 0.5) is 0 Å². The molecule has 10 heteroatoms. The molecule has 0 radical (unpaired) electrons. The number of aromatic hydroxyl groups is 1. The fraction of sp³-hybridized carbons (Fsp3) is 0.391. The predicted octanol–water partition coefficient (Wildman–Crippen LogP) is -0.729. The number of phenolic OH excluding ortho intramolecular Hbond substituents is 1. The van der Waals surface area contributed by atoms with Gasteiger partial charge in [0.15, 0.2) is 23.1 Å². The van der Waals surface area contributed by atoms with Gasteiger partial charge in [-0.05, 0) is 24.5 Å². The van der Waals surface area contributed by atoms with Crippen molar-refractivity contribution in [3.8, 4) is 11.5 Å². The van der Waals surface area contributed by atoms with Gasteiger partial charge in [-0.15, -0.1) is 0 Å². The fourth-order valence-corrected chi connectivity index (χ4v) is 4.18. The fourth-order valence-electron chi connectivity index (χ4n) is 4.18. The van der Waals surface area contributed by atoms with Crippen LogP contribution in [0.2, 0.25) is 0 Å². The number of aryl methyl sites for hydroxylation is 1. The maximum atomic E-state index is 13.2. The number of rotatable bonds is 6. The van der Waals surface area contributed by atoms with E-state index in [1.54, 1.807) is 12.1 Å². The molecule has 0 spiro atoms. The van der Waals surface area contributed by atoms with Crippen molar-refractivity contribution in [3.63, 3.8) is 0 Å². The summed E-state index contributed by atoms with van der Waals surface area (Å²) in [5, 5.41) is 59.8. The summed E-state index contributed by atoms with van der Waals surface area (Å²) in [5.74, 6) is -2.00. The maximum absolute atomic E-state index is 13.2. The van der Waals surface area contributed by atoms with E-state index in [4.69, 9.17) is 9.47 Å². The van der Waals surface area contributed by atoms with Crippen LogP contribution in [0.25, 0.3) is 0 Å². The summed E-state index contributed by atoms with van der Waals surface area (Å²) in [4.78, 5) is 26.4. The van der Waals surface area contributed by atoms with E-state index in [1.165, 1.54) is 18.2 Å². The average Bonchev–Trinajstić information content (AvgIpc) is 2.82. The minimum Gasteiger partial charge on any atom is -0.504 e. The van der Waals surface area contributed by atoms with Gasteiger partial charge in [0.25, 0.3) is 0 Å². The van der Waals surface area contributed by atoms with Crippen LogP contribution in [0.1, 0.15) is 43.8 Å². The van der Waals surface area contributed by atoms with Crippen molar-refractivity contribution in [2.75, 3.05) is 13.2 Å². The molecule has 1 heterocycles. The Hall–Kier alpha value is -2.86. The number of hydrogen-bond donors (Lipinski definition) is 6. The number of benzene rings is 2. The van der Waals surface area contributed by atoms with Gasteiger partial charge in [-0.3, -0.25) is 9.59 Å². The monoisotopic (exact) mass is 460 g/mol. The molecule has 4 rings (SSSR count). The molecule has 2 aromatic carbocycles. The van der Waals surface area contributed by atoms with Gasteiger partial charge in [0.05, 0.1) is 12.2 Å². The summed E-state index contributed by atoms with van der Waals surface area (Å²) in [6.45, 7) is -0.857. The molecule has 33 heavy (non-hydrogen) atoms. The third kappa shape index (κ3) is 3.90. The Kier molecular flexibility index (Phi) is 6.48. The number of aliphatic hydroxyl groups is 5. The predicted molar refractivity (Wildman–Crippen MR) is 111 cm³/mol. The van der Waals surface area contributed by atoms with Gasteiger partial charge >= 0.3 is 0 Å². The molecule has 1 aliphatic heterocycles. The quantitative estimate of drug-likeness (QED) is 0.275. The van der Waals surface area contributed by atoms with Gasteiger partial charge in [-0.1, -0.05) is 24.3 Å². The number of aliphatic hydroxyl groups excluding tert-OH is 5. The summed E-state index contributed by atoms with van der Waals surface area (Å²) in [6, 6.07) is 7.51. The number of fused-ring (bicyclic) bond motifs is 2. The minimum atomic E-state index is -1.74. The molecule has 0 bridgehead atoms. The molecule has 0 aromatic heterocycles. The van der Waals surface area contributed by atoms with Crippen molar-refractivity contribution in [1.29, 1.82) is 0 Å². The Labute approximate surface area is 188 Å². The Bertz CT molecular complexity index is 1080. The van der Waals surface area contributed by atoms with Crippen molar-refractivity contribution in [2.45, 2.75) is 43.5 Å². The van der Waals surface area contributed by atoms with E-state index in [9.17, 15) is 40.2 Å². The standard InChI is InChI=1S/C23H24O10/c24-7-3-4-10-8-13(32-23-22(31)21(30)20(29)14(9-25)33-23)19(28)16-15(10)17(26)11-5-1-2-6-12(11)18(16)27/h1-2,5-6,8,14,20-25,28-31H,3-4,7,9H2. The zero-order chi connectivity index (χ0) is 23.9. The second-order valence-electron chi connectivity index (χ2n) is 7.98. The second kappa shape index (κ2) is 9.18. The Balaban J connectivity index is 1.79. The lowest BCUT2D eigenvalue weighted by atomic mass is 9.80. The number of hydrogen-bond acceptors (Lipinski definition) is 10. The number of ketones is 2. The molecular formula is C23H24O10. The van der Waals surface area contributed by atoms with Gasteiger partial charge in [0.2, 0.25) is 6.29 Å². The van der Waals surface area contributed by atoms with Crippen LogP contribution in [0.15, 0.2) is 30.3 Å². The van der Waals surface area contributed by atoms with E-state index in [1.807, 2.05) is 0 Å². The third-order valence-corrected chi connectivity index (χ3v) is 5.91. The molecule has 0 saturated carbocycles. The van der Waals surface area contributed by atoms with E-state index in [2.05, 4.69) is 0 Å². The number of carbonyl (C=O) groups is 2. The third-order valence-electron chi connectivity index (χ3n) is 5.91. The first kappa shape index (κ1) is 23.3. The summed E-state index contributed by atoms with van der Waals surface area (Å²) < 4.78 is 10.9. The smallest absolute Gasteiger partial charge is 0.229 e. The summed E-state index contributed by atoms with van der Waals surface area (Å²) >= 11 is 0. The first-order valence-corrected chi connectivity index (χ1v) is 10.4. The summed E-state index contributed by atoms with van der Waals surface area (Å²) in [5.41, 5.74) is 0.384. The topological polar surface area (TPSA) is 174 Å². The van der Waals surface area contributed by atoms with Gasteiger partial charge in [-0.25, -0.2) is 0 Å². The minimum absolute atomic E-state index is 0.00537. The molecular weight excluding hydrogens is 436 g/mol. The zero-order valence-electron chi connectivity index (χ0n) is 17.4. The Morgan fingerprint density at radius 3 is 2.15 bits per heavy atom. The highest BCUT2D eigenvalue weighted by atomic mass is 16.7. The Morgan fingerprint density at radius 1 is 0.909 bits per heavy atom. The molecule has 2 aromatic rings. The molecule has 10 nitrogen and oxygen atoms in total. The number of ether oxygens (including phenoxy) is 2. The average molecular weight is 460 g/mol. The lowest BCUT2D eigenvalue weighted by Gasteiger charge is -2.39. The molecule has 1 aliphatic carbocycles. The first-order valence-electron chi connectivity index (χ1n) is 10.4. The lowest BCUT2D eigenvalue weighted by molar-refractivity contribution is -0.277. The van der Waals surface area contributed by atoms with Gasteiger partial charge in [0, 0.05) is 23.3 Å². The number of carbonyl (C=O) groups excluding carboxylic acids is 2. The number of phenols is 1. The molecule has 0 amide bonds. The van der Waals surface area contributed by atoms with Crippen LogP contribution in [-0.4, -0.2) is 86.1 Å². The van der Waals surface area contributed by atoms with Crippen LogP contribution < -0.4 is 4.74 Å². The highest BCUT2D eigenvalue weighted by Crippen LogP contribution is 2.42. The molecule has 1 saturated heterocycles. The van der Waals surface area contributed by atoms with E-state index < -0.39 is 54.6 Å². The van der Waals surface area contributed by atoms with Crippen molar-refractivity contribution < 1.29 is 49.7 Å². The van der Waals surface area contributed by atoms with Crippen LogP contribution in [0.3, 0.4) is 0 Å². The van der Waals surface area contributed by atoms with Crippen molar-refractivity contribution in [1.82, 2.24) is 0 Å². The Morgan fingerprint density at radius 2 is 1.55 bits per heavy atom. The van der Waals surface area contributed by atoms with Gasteiger partial charge in [0.1, 0.15) is 24.4 Å². The molecule has 5 atom stereocenters. The van der Waals surface area contributed by atoms with E-state index in [0.717, 1.165) is 0 Å². The van der Waals surface area contributed by atoms with Crippen molar-refractivity contribution >= 4 is 11.6 Å². The molecule has 2 aliphatic rings. The zero-order valence-corrected chi connectivity index (χ0v) is 17.4. The van der Waals surface area contributed by atoms with Crippen LogP contribution in [-0.2, 0) is 11.2 Å². The SMILES string of the molecule is O=C1c2ccccc2C(=O)c2c(O)c(OC3OC(CO)C(O)C(O)C3O)cc(CCCO)c21. The highest BCUT2D eigenvalue weighted by Gasteiger charge is 2.45. The second-order valence-corrected chi connectivity index (χ2v) is 7.98. The summed E-state index contributed by atoms with van der Waals surface area (Å²) in [7, 11) is 0. The van der Waals surface area contributed by atoms with Crippen molar-refractivity contribution in [3.05, 3.63) is 58.1 Å². The normalized spacial score (nSPS) is 26.6. The molecule has 1 fully saturated rings. The van der Waals surface area contributed by atoms with Crippen LogP contribution in [0, 0.1) is 0 Å². The molecule has 5 unspecified atom stereocenters. The van der Waals surface area contributed by atoms with Gasteiger partial charge < -0.3 is 40.1 Å². The first-order chi connectivity index (χ1) is 15.8. The highest BCUT2D eigenvalue weighted by molar-refractivity contribution is 6.30. The largest absolute Gasteiger partial charge is 0.504 e. The van der Waals surface area contributed by atoms with Crippen LogP contribution in [0.5, 0.6) is 11.5 Å². The van der Waals surface area contributed by atoms with Gasteiger partial charge in [-0.2, -0.15) is 0 Å². The van der Waals surface area contributed by atoms with E-state index in [0.29, 0.717) is 5.56 Å². The summed E-state index contributed by atoms with van der Waals surface area (Å²) in [6.07, 6.45) is -7.43. The molecule has 6 N–H and O–H groups in total. The van der Waals surface area contributed by atoms with E-state index >= 15 is 0 Å². The van der Waals surface area contributed by atoms with Crippen LogP contribution >= 0.6 is 0 Å². The van der Waals surface area contributed by atoms with E-state index in [-0.39, 0.29) is 47.5 Å². The molecule has 176 valence electrons.